The third kappa shape index (κ3) is 3.13. The lowest BCUT2D eigenvalue weighted by molar-refractivity contribution is 0.102. The Morgan fingerprint density at radius 2 is 2.10 bits per heavy atom. The van der Waals surface area contributed by atoms with Crippen LogP contribution in [0.1, 0.15) is 30.2 Å². The molecule has 1 aromatic carbocycles. The summed E-state index contributed by atoms with van der Waals surface area (Å²) in [6.45, 7) is 3.99. The average molecular weight is 421 g/mol. The predicted molar refractivity (Wildman–Crippen MR) is 113 cm³/mol. The first-order valence-electron chi connectivity index (χ1n) is 9.29. The number of aromatic nitrogens is 4. The lowest BCUT2D eigenvalue weighted by atomic mass is 10.1. The van der Waals surface area contributed by atoms with Gasteiger partial charge in [-0.2, -0.15) is 5.10 Å². The van der Waals surface area contributed by atoms with Gasteiger partial charge in [0.2, 0.25) is 0 Å². The molecule has 0 aliphatic heterocycles. The zero-order valence-electron chi connectivity index (χ0n) is 16.1. The topological polar surface area (TPSA) is 85.8 Å². The van der Waals surface area contributed by atoms with Crippen molar-refractivity contribution in [1.29, 1.82) is 0 Å². The summed E-state index contributed by atoms with van der Waals surface area (Å²) in [6, 6.07) is 9.62. The molecular formula is C21H16FN5O2S. The van der Waals surface area contributed by atoms with Crippen molar-refractivity contribution in [2.24, 2.45) is 0 Å². The fourth-order valence-electron chi connectivity index (χ4n) is 3.25. The number of pyridine rings is 1. The molecule has 0 saturated heterocycles. The van der Waals surface area contributed by atoms with Crippen LogP contribution in [0.15, 0.2) is 53.3 Å². The lowest BCUT2D eigenvalue weighted by Crippen LogP contribution is -2.13. The van der Waals surface area contributed by atoms with Crippen molar-refractivity contribution in [2.45, 2.75) is 19.9 Å². The molecule has 1 amide bonds. The number of carbonyl (C=O) groups excluding carboxylic acids is 1. The number of fused-ring (bicyclic) bond motifs is 2. The molecule has 30 heavy (non-hydrogen) atoms. The van der Waals surface area contributed by atoms with Crippen molar-refractivity contribution in [1.82, 2.24) is 19.7 Å². The number of hydrogen-bond acceptors (Lipinski definition) is 6. The number of nitrogens with one attached hydrogen (secondary N) is 1. The van der Waals surface area contributed by atoms with Crippen LogP contribution in [0.4, 0.5) is 9.52 Å². The number of rotatable bonds is 4. The quantitative estimate of drug-likeness (QED) is 0.427. The van der Waals surface area contributed by atoms with Gasteiger partial charge < -0.3 is 4.42 Å². The highest BCUT2D eigenvalue weighted by Crippen LogP contribution is 2.30. The van der Waals surface area contributed by atoms with E-state index in [1.807, 2.05) is 13.8 Å². The number of furan rings is 1. The van der Waals surface area contributed by atoms with Gasteiger partial charge >= 0.3 is 0 Å². The van der Waals surface area contributed by atoms with E-state index in [1.54, 1.807) is 41.4 Å². The largest absolute Gasteiger partial charge is 0.463 e. The lowest BCUT2D eigenvalue weighted by Gasteiger charge is -2.09. The summed E-state index contributed by atoms with van der Waals surface area (Å²) in [6.07, 6.45) is 3.19. The summed E-state index contributed by atoms with van der Waals surface area (Å²) in [5.41, 5.74) is 2.16. The summed E-state index contributed by atoms with van der Waals surface area (Å²) < 4.78 is 21.4. The van der Waals surface area contributed by atoms with Crippen LogP contribution in [0.25, 0.3) is 32.7 Å². The smallest absolute Gasteiger partial charge is 0.258 e. The van der Waals surface area contributed by atoms with Gasteiger partial charge in [0.15, 0.2) is 16.5 Å². The van der Waals surface area contributed by atoms with Crippen LogP contribution in [0.3, 0.4) is 0 Å². The maximum absolute atomic E-state index is 13.5. The summed E-state index contributed by atoms with van der Waals surface area (Å²) in [5, 5.41) is 8.24. The van der Waals surface area contributed by atoms with Gasteiger partial charge in [0.25, 0.3) is 5.91 Å². The highest BCUT2D eigenvalue weighted by Gasteiger charge is 2.20. The zero-order chi connectivity index (χ0) is 20.8. The Balaban J connectivity index is 1.60. The van der Waals surface area contributed by atoms with E-state index >= 15 is 0 Å². The van der Waals surface area contributed by atoms with Crippen molar-refractivity contribution in [3.8, 4) is 11.5 Å². The standard InChI is InChI=1S/C21H16FN5O2S/c1-11(2)27-19-14(10-23-27)13(9-16(24-19)17-4-3-7-29-17)20(28)26-21-25-15-6-5-12(22)8-18(15)30-21/h3-11H,1-2H3,(H,25,26,28). The summed E-state index contributed by atoms with van der Waals surface area (Å²) in [5.74, 6) is -0.139. The van der Waals surface area contributed by atoms with Crippen LogP contribution in [0.5, 0.6) is 0 Å². The first kappa shape index (κ1) is 18.4. The molecule has 0 bridgehead atoms. The predicted octanol–water partition coefficient (Wildman–Crippen LogP) is 5.27. The SMILES string of the molecule is CC(C)n1ncc2c(C(=O)Nc3nc4ccc(F)cc4s3)cc(-c3ccco3)nc21. The zero-order valence-corrected chi connectivity index (χ0v) is 16.9. The Morgan fingerprint density at radius 1 is 1.23 bits per heavy atom. The molecule has 0 radical (unpaired) electrons. The normalized spacial score (nSPS) is 11.6. The maximum Gasteiger partial charge on any atom is 0.258 e. The molecule has 5 rings (SSSR count). The minimum atomic E-state index is -0.349. The van der Waals surface area contributed by atoms with Gasteiger partial charge in [-0.1, -0.05) is 11.3 Å². The first-order chi connectivity index (χ1) is 14.5. The minimum Gasteiger partial charge on any atom is -0.463 e. The van der Waals surface area contributed by atoms with Gasteiger partial charge in [0, 0.05) is 6.04 Å². The van der Waals surface area contributed by atoms with Crippen LogP contribution in [-0.4, -0.2) is 25.7 Å². The van der Waals surface area contributed by atoms with E-state index in [-0.39, 0.29) is 17.8 Å². The van der Waals surface area contributed by atoms with Crippen LogP contribution >= 0.6 is 11.3 Å². The van der Waals surface area contributed by atoms with E-state index in [4.69, 9.17) is 4.42 Å². The molecule has 9 heteroatoms. The van der Waals surface area contributed by atoms with E-state index < -0.39 is 0 Å². The molecule has 0 aliphatic rings. The Morgan fingerprint density at radius 3 is 2.87 bits per heavy atom. The van der Waals surface area contributed by atoms with Gasteiger partial charge in [0.1, 0.15) is 11.5 Å². The Kier molecular flexibility index (Phi) is 4.32. The van der Waals surface area contributed by atoms with Crippen LogP contribution in [0, 0.1) is 5.82 Å². The maximum atomic E-state index is 13.5. The molecule has 0 fully saturated rings. The molecule has 1 N–H and O–H groups in total. The van der Waals surface area contributed by atoms with Crippen molar-refractivity contribution in [2.75, 3.05) is 5.32 Å². The van der Waals surface area contributed by atoms with Crippen molar-refractivity contribution >= 4 is 43.6 Å². The van der Waals surface area contributed by atoms with Crippen LogP contribution in [0.2, 0.25) is 0 Å². The van der Waals surface area contributed by atoms with Gasteiger partial charge in [0.05, 0.1) is 33.6 Å². The average Bonchev–Trinajstić information content (AvgIpc) is 3.45. The second-order valence-electron chi connectivity index (χ2n) is 7.04. The van der Waals surface area contributed by atoms with E-state index in [9.17, 15) is 9.18 Å². The van der Waals surface area contributed by atoms with E-state index in [1.165, 1.54) is 23.5 Å². The summed E-state index contributed by atoms with van der Waals surface area (Å²) in [4.78, 5) is 22.2. The molecule has 0 saturated carbocycles. The molecule has 150 valence electrons. The number of carbonyl (C=O) groups is 1. The minimum absolute atomic E-state index is 0.0666. The Labute approximate surface area is 174 Å². The van der Waals surface area contributed by atoms with Gasteiger partial charge in [-0.15, -0.1) is 0 Å². The third-order valence-corrected chi connectivity index (χ3v) is 5.58. The molecule has 4 aromatic heterocycles. The Hall–Kier alpha value is -3.59. The summed E-state index contributed by atoms with van der Waals surface area (Å²) >= 11 is 1.21. The molecule has 4 heterocycles. The van der Waals surface area contributed by atoms with Crippen LogP contribution < -0.4 is 5.32 Å². The Bertz CT molecular complexity index is 1390. The number of thiazole rings is 1. The van der Waals surface area contributed by atoms with Gasteiger partial charge in [-0.25, -0.2) is 19.0 Å². The monoisotopic (exact) mass is 421 g/mol. The number of halogens is 1. The number of amides is 1. The molecule has 0 spiro atoms. The van der Waals surface area contributed by atoms with E-state index in [0.717, 1.165) is 0 Å². The van der Waals surface area contributed by atoms with Crippen molar-refractivity contribution < 1.29 is 13.6 Å². The number of anilines is 1. The molecule has 0 unspecified atom stereocenters. The summed E-state index contributed by atoms with van der Waals surface area (Å²) in [7, 11) is 0. The fourth-order valence-corrected chi connectivity index (χ4v) is 4.14. The van der Waals surface area contributed by atoms with Crippen LogP contribution in [-0.2, 0) is 0 Å². The number of benzene rings is 1. The van der Waals surface area contributed by atoms with Gasteiger partial charge in [-0.05, 0) is 50.2 Å². The van der Waals surface area contributed by atoms with E-state index in [0.29, 0.717) is 43.4 Å². The molecule has 0 aliphatic carbocycles. The molecule has 5 aromatic rings. The van der Waals surface area contributed by atoms with Crippen molar-refractivity contribution in [3.05, 3.63) is 60.2 Å². The second kappa shape index (κ2) is 7.03. The second-order valence-corrected chi connectivity index (χ2v) is 8.07. The van der Waals surface area contributed by atoms with Gasteiger partial charge in [-0.3, -0.25) is 10.1 Å². The molecule has 0 atom stereocenters. The molecular weight excluding hydrogens is 405 g/mol. The number of nitrogens with zero attached hydrogens (tertiary/aromatic N) is 4. The first-order valence-corrected chi connectivity index (χ1v) is 10.1. The molecule has 7 nitrogen and oxygen atoms in total. The number of hydrogen-bond donors (Lipinski definition) is 1. The fraction of sp³-hybridized carbons (Fsp3) is 0.143. The highest BCUT2D eigenvalue weighted by molar-refractivity contribution is 7.22. The third-order valence-electron chi connectivity index (χ3n) is 4.65. The van der Waals surface area contributed by atoms with Crippen molar-refractivity contribution in [3.63, 3.8) is 0 Å². The van der Waals surface area contributed by atoms with E-state index in [2.05, 4.69) is 20.4 Å². The highest BCUT2D eigenvalue weighted by atomic mass is 32.1.